The first-order valence-electron chi connectivity index (χ1n) is 2.86. The summed E-state index contributed by atoms with van der Waals surface area (Å²) in [6, 6.07) is 0. The number of carbonyl (C=O) groups is 1. The molecule has 0 aromatic rings. The van der Waals surface area contributed by atoms with E-state index >= 15 is 0 Å². The molecular weight excluding hydrogens is 154 g/mol. The minimum Gasteiger partial charge on any atom is -0.368 e. The summed E-state index contributed by atoms with van der Waals surface area (Å²) in [7, 11) is 0. The Bertz CT molecular complexity index is 154. The first-order valence-corrected chi connectivity index (χ1v) is 3.96. The molecule has 0 saturated carbocycles. The Morgan fingerprint density at radius 1 is 1.80 bits per heavy atom. The Labute approximate surface area is 62.1 Å². The third kappa shape index (κ3) is 1.54. The van der Waals surface area contributed by atoms with Gasteiger partial charge < -0.3 is 10.3 Å². The molecule has 0 radical (unpaired) electrons. The first-order chi connectivity index (χ1) is 4.45. The summed E-state index contributed by atoms with van der Waals surface area (Å²) in [5, 5.41) is 0. The van der Waals surface area contributed by atoms with Gasteiger partial charge in [-0.1, -0.05) is 6.92 Å². The van der Waals surface area contributed by atoms with Gasteiger partial charge in [0.15, 0.2) is 11.1 Å². The average Bonchev–Trinajstić information content (AvgIpc) is 1.85. The van der Waals surface area contributed by atoms with Crippen molar-refractivity contribution in [1.82, 2.24) is 0 Å². The van der Waals surface area contributed by atoms with Gasteiger partial charge in [-0.2, -0.15) is 0 Å². The molecule has 2 unspecified atom stereocenters. The van der Waals surface area contributed by atoms with Crippen LogP contribution in [-0.2, 0) is 15.9 Å². The van der Waals surface area contributed by atoms with Crippen LogP contribution in [0, 0.1) is 0 Å². The summed E-state index contributed by atoms with van der Waals surface area (Å²) in [5.74, 6) is -0.740. The van der Waals surface area contributed by atoms with Crippen LogP contribution in [-0.4, -0.2) is 19.4 Å². The SMILES string of the molecule is CCC(C)(C(N)=O)S(=O)O. The third-order valence-corrected chi connectivity index (χ3v) is 2.84. The molecular formula is C5H11NO3S. The number of carbonyl (C=O) groups excluding carboxylic acids is 1. The summed E-state index contributed by atoms with van der Waals surface area (Å²) in [6.45, 7) is 3.00. The normalized spacial score (nSPS) is 19.5. The predicted octanol–water partition coefficient (Wildman–Crippen LogP) is -0.138. The zero-order valence-electron chi connectivity index (χ0n) is 5.96. The monoisotopic (exact) mass is 165 g/mol. The average molecular weight is 165 g/mol. The molecule has 0 saturated heterocycles. The second kappa shape index (κ2) is 3.12. The molecule has 0 aliphatic heterocycles. The van der Waals surface area contributed by atoms with Crippen LogP contribution in [0.1, 0.15) is 20.3 Å². The van der Waals surface area contributed by atoms with Gasteiger partial charge in [0.1, 0.15) is 4.75 Å². The zero-order chi connectivity index (χ0) is 8.36. The van der Waals surface area contributed by atoms with E-state index in [0.717, 1.165) is 0 Å². The maximum absolute atomic E-state index is 10.6. The van der Waals surface area contributed by atoms with Crippen LogP contribution < -0.4 is 5.73 Å². The smallest absolute Gasteiger partial charge is 0.238 e. The highest BCUT2D eigenvalue weighted by Gasteiger charge is 2.35. The molecule has 60 valence electrons. The Hall–Kier alpha value is -0.420. The fourth-order valence-corrected chi connectivity index (χ4v) is 0.803. The number of primary amides is 1. The number of amides is 1. The molecule has 0 aliphatic rings. The highest BCUT2D eigenvalue weighted by Crippen LogP contribution is 2.15. The summed E-state index contributed by atoms with van der Waals surface area (Å²) < 4.78 is 17.8. The maximum Gasteiger partial charge on any atom is 0.238 e. The van der Waals surface area contributed by atoms with Gasteiger partial charge >= 0.3 is 0 Å². The summed E-state index contributed by atoms with van der Waals surface area (Å²) in [6.07, 6.45) is 0.269. The summed E-state index contributed by atoms with van der Waals surface area (Å²) in [5.41, 5.74) is 4.89. The van der Waals surface area contributed by atoms with Crippen molar-refractivity contribution < 1.29 is 13.6 Å². The highest BCUT2D eigenvalue weighted by atomic mass is 32.2. The van der Waals surface area contributed by atoms with Crippen molar-refractivity contribution in [3.63, 3.8) is 0 Å². The molecule has 0 aromatic heterocycles. The van der Waals surface area contributed by atoms with Crippen LogP contribution in [0.25, 0.3) is 0 Å². The Balaban J connectivity index is 4.55. The van der Waals surface area contributed by atoms with E-state index in [1.165, 1.54) is 6.92 Å². The van der Waals surface area contributed by atoms with Crippen LogP contribution in [0.5, 0.6) is 0 Å². The minimum absolute atomic E-state index is 0.269. The van der Waals surface area contributed by atoms with Crippen molar-refractivity contribution in [2.75, 3.05) is 0 Å². The number of nitrogens with two attached hydrogens (primary N) is 1. The van der Waals surface area contributed by atoms with Gasteiger partial charge in [-0.05, 0) is 13.3 Å². The second-order valence-corrected chi connectivity index (χ2v) is 3.60. The Morgan fingerprint density at radius 3 is 2.20 bits per heavy atom. The van der Waals surface area contributed by atoms with Crippen molar-refractivity contribution in [2.45, 2.75) is 25.0 Å². The van der Waals surface area contributed by atoms with E-state index in [1.54, 1.807) is 6.92 Å². The van der Waals surface area contributed by atoms with Gasteiger partial charge in [0.2, 0.25) is 5.91 Å². The van der Waals surface area contributed by atoms with Crippen LogP contribution >= 0.6 is 0 Å². The van der Waals surface area contributed by atoms with E-state index in [2.05, 4.69) is 0 Å². The van der Waals surface area contributed by atoms with Crippen LogP contribution in [0.2, 0.25) is 0 Å². The van der Waals surface area contributed by atoms with E-state index in [0.29, 0.717) is 0 Å². The zero-order valence-corrected chi connectivity index (χ0v) is 6.77. The van der Waals surface area contributed by atoms with E-state index in [4.69, 9.17) is 10.3 Å². The molecule has 0 aromatic carbocycles. The maximum atomic E-state index is 10.6. The van der Waals surface area contributed by atoms with E-state index in [1.807, 2.05) is 0 Å². The lowest BCUT2D eigenvalue weighted by Gasteiger charge is -2.18. The lowest BCUT2D eigenvalue weighted by Crippen LogP contribution is -2.44. The van der Waals surface area contributed by atoms with Crippen molar-refractivity contribution >= 4 is 17.0 Å². The van der Waals surface area contributed by atoms with E-state index in [-0.39, 0.29) is 6.42 Å². The van der Waals surface area contributed by atoms with Crippen LogP contribution in [0.4, 0.5) is 0 Å². The number of hydrogen-bond donors (Lipinski definition) is 2. The lowest BCUT2D eigenvalue weighted by atomic mass is 10.1. The highest BCUT2D eigenvalue weighted by molar-refractivity contribution is 7.81. The van der Waals surface area contributed by atoms with E-state index in [9.17, 15) is 9.00 Å². The van der Waals surface area contributed by atoms with Gasteiger partial charge in [0.25, 0.3) is 0 Å². The second-order valence-electron chi connectivity index (χ2n) is 2.20. The number of rotatable bonds is 3. The minimum atomic E-state index is -2.17. The Kier molecular flexibility index (Phi) is 2.98. The van der Waals surface area contributed by atoms with Crippen LogP contribution in [0.3, 0.4) is 0 Å². The quantitative estimate of drug-likeness (QED) is 0.571. The lowest BCUT2D eigenvalue weighted by molar-refractivity contribution is -0.120. The van der Waals surface area contributed by atoms with Crippen molar-refractivity contribution in [3.05, 3.63) is 0 Å². The summed E-state index contributed by atoms with van der Waals surface area (Å²) in [4.78, 5) is 10.6. The fraction of sp³-hybridized carbons (Fsp3) is 0.800. The summed E-state index contributed by atoms with van der Waals surface area (Å²) >= 11 is -2.17. The van der Waals surface area contributed by atoms with Crippen molar-refractivity contribution in [2.24, 2.45) is 5.73 Å². The molecule has 0 bridgehead atoms. The molecule has 2 atom stereocenters. The number of hydrogen-bond acceptors (Lipinski definition) is 2. The molecule has 0 rings (SSSR count). The predicted molar refractivity (Wildman–Crippen MR) is 38.7 cm³/mol. The standard InChI is InChI=1S/C5H11NO3S/c1-3-5(2,4(6)7)10(8)9/h3H2,1-2H3,(H2,6,7)(H,8,9). The van der Waals surface area contributed by atoms with Gasteiger partial charge in [-0.25, -0.2) is 4.21 Å². The molecule has 0 aliphatic carbocycles. The third-order valence-electron chi connectivity index (χ3n) is 1.58. The van der Waals surface area contributed by atoms with Gasteiger partial charge in [-0.15, -0.1) is 0 Å². The van der Waals surface area contributed by atoms with Crippen molar-refractivity contribution in [1.29, 1.82) is 0 Å². The molecule has 0 heterocycles. The van der Waals surface area contributed by atoms with Gasteiger partial charge in [-0.3, -0.25) is 4.79 Å². The molecule has 3 N–H and O–H groups in total. The molecule has 5 heteroatoms. The van der Waals surface area contributed by atoms with Gasteiger partial charge in [0.05, 0.1) is 0 Å². The largest absolute Gasteiger partial charge is 0.368 e. The molecule has 1 amide bonds. The van der Waals surface area contributed by atoms with Crippen molar-refractivity contribution in [3.8, 4) is 0 Å². The van der Waals surface area contributed by atoms with Gasteiger partial charge in [0, 0.05) is 0 Å². The van der Waals surface area contributed by atoms with Crippen LogP contribution in [0.15, 0.2) is 0 Å². The molecule has 4 nitrogen and oxygen atoms in total. The Morgan fingerprint density at radius 2 is 2.20 bits per heavy atom. The van der Waals surface area contributed by atoms with E-state index < -0.39 is 21.7 Å². The molecule has 10 heavy (non-hydrogen) atoms. The first kappa shape index (κ1) is 9.58. The molecule has 0 fully saturated rings. The topological polar surface area (TPSA) is 80.4 Å². The fourth-order valence-electron chi connectivity index (χ4n) is 0.384. The molecule has 0 spiro atoms.